The number of hydrogen-bond acceptors (Lipinski definition) is 4. The normalized spacial score (nSPS) is 10.4. The van der Waals surface area contributed by atoms with Crippen molar-refractivity contribution < 1.29 is 9.53 Å². The first-order valence-electron chi connectivity index (χ1n) is 6.50. The van der Waals surface area contributed by atoms with E-state index < -0.39 is 0 Å². The van der Waals surface area contributed by atoms with Crippen molar-refractivity contribution in [2.24, 2.45) is 0 Å². The highest BCUT2D eigenvalue weighted by Gasteiger charge is 2.06. The summed E-state index contributed by atoms with van der Waals surface area (Å²) in [6, 6.07) is 7.34. The van der Waals surface area contributed by atoms with Gasteiger partial charge in [0, 0.05) is 18.8 Å². The monoisotopic (exact) mass is 250 g/mol. The Labute approximate surface area is 109 Å². The Bertz CT molecular complexity index is 359. The maximum absolute atomic E-state index is 11.6. The van der Waals surface area contributed by atoms with Gasteiger partial charge < -0.3 is 10.2 Å². The summed E-state index contributed by atoms with van der Waals surface area (Å²) in [5.74, 6) is -0.258. The van der Waals surface area contributed by atoms with Crippen LogP contribution in [0.15, 0.2) is 24.3 Å². The number of nitrogens with one attached hydrogen (secondary N) is 1. The number of ether oxygens (including phenoxy) is 1. The molecule has 1 N–H and O–H groups in total. The van der Waals surface area contributed by atoms with E-state index in [4.69, 9.17) is 4.74 Å². The second-order valence-electron chi connectivity index (χ2n) is 4.00. The Balaban J connectivity index is 2.59. The Hall–Kier alpha value is -1.55. The third-order valence-electron chi connectivity index (χ3n) is 2.61. The van der Waals surface area contributed by atoms with Gasteiger partial charge in [-0.3, -0.25) is 0 Å². The molecule has 0 aliphatic rings. The van der Waals surface area contributed by atoms with E-state index in [1.165, 1.54) is 0 Å². The number of rotatable bonds is 7. The smallest absolute Gasteiger partial charge is 0.338 e. The van der Waals surface area contributed by atoms with Crippen LogP contribution in [0.4, 0.5) is 5.69 Å². The highest BCUT2D eigenvalue weighted by atomic mass is 16.5. The van der Waals surface area contributed by atoms with Gasteiger partial charge in [-0.05, 0) is 30.7 Å². The van der Waals surface area contributed by atoms with Crippen LogP contribution in [-0.2, 0) is 4.74 Å². The van der Waals surface area contributed by atoms with E-state index in [1.54, 1.807) is 12.1 Å². The maximum Gasteiger partial charge on any atom is 0.338 e. The van der Waals surface area contributed by atoms with Crippen molar-refractivity contribution >= 4 is 11.7 Å². The van der Waals surface area contributed by atoms with Gasteiger partial charge in [-0.25, -0.2) is 9.80 Å². The lowest BCUT2D eigenvalue weighted by Crippen LogP contribution is -2.29. The summed E-state index contributed by atoms with van der Waals surface area (Å²) in [7, 11) is 0. The molecule has 0 atom stereocenters. The number of hydrazine groups is 1. The van der Waals surface area contributed by atoms with E-state index in [0.717, 1.165) is 25.2 Å². The van der Waals surface area contributed by atoms with E-state index in [1.807, 2.05) is 19.1 Å². The second-order valence-corrected chi connectivity index (χ2v) is 4.00. The first kappa shape index (κ1) is 14.5. The van der Waals surface area contributed by atoms with E-state index in [2.05, 4.69) is 24.3 Å². The molecule has 0 spiro atoms. The highest BCUT2D eigenvalue weighted by molar-refractivity contribution is 5.89. The fourth-order valence-corrected chi connectivity index (χ4v) is 1.52. The van der Waals surface area contributed by atoms with Crippen LogP contribution in [0.3, 0.4) is 0 Å². The van der Waals surface area contributed by atoms with Crippen molar-refractivity contribution in [1.82, 2.24) is 5.01 Å². The molecule has 0 aliphatic heterocycles. The molecule has 18 heavy (non-hydrogen) atoms. The number of nitrogens with zero attached hydrogens (tertiary/aromatic N) is 1. The van der Waals surface area contributed by atoms with Gasteiger partial charge in [-0.1, -0.05) is 20.8 Å². The molecular weight excluding hydrogens is 228 g/mol. The lowest BCUT2D eigenvalue weighted by atomic mass is 10.2. The Morgan fingerprint density at radius 3 is 2.28 bits per heavy atom. The standard InChI is InChI=1S/C14H22N2O2/c1-4-11-18-14(17)12-7-9-13(10-8-12)15-16(5-2)6-3/h7-10,15H,4-6,11H2,1-3H3. The van der Waals surface area contributed by atoms with Gasteiger partial charge in [0.15, 0.2) is 0 Å². The summed E-state index contributed by atoms with van der Waals surface area (Å²) in [4.78, 5) is 11.6. The van der Waals surface area contributed by atoms with E-state index >= 15 is 0 Å². The first-order chi connectivity index (χ1) is 8.71. The molecule has 0 saturated heterocycles. The molecular formula is C14H22N2O2. The van der Waals surface area contributed by atoms with Gasteiger partial charge in [-0.15, -0.1) is 0 Å². The summed E-state index contributed by atoms with van der Waals surface area (Å²) in [5.41, 5.74) is 4.84. The zero-order valence-corrected chi connectivity index (χ0v) is 11.4. The molecule has 0 unspecified atom stereocenters. The van der Waals surface area contributed by atoms with Crippen LogP contribution in [-0.4, -0.2) is 30.7 Å². The lowest BCUT2D eigenvalue weighted by molar-refractivity contribution is 0.0505. The van der Waals surface area contributed by atoms with Crippen molar-refractivity contribution in [3.05, 3.63) is 29.8 Å². The second kappa shape index (κ2) is 7.71. The molecule has 1 aromatic carbocycles. The van der Waals surface area contributed by atoms with Crippen LogP contribution >= 0.6 is 0 Å². The van der Waals surface area contributed by atoms with Crippen molar-refractivity contribution in [2.45, 2.75) is 27.2 Å². The van der Waals surface area contributed by atoms with Crippen LogP contribution in [0, 0.1) is 0 Å². The number of anilines is 1. The summed E-state index contributed by atoms with van der Waals surface area (Å²) in [6.07, 6.45) is 0.841. The molecule has 100 valence electrons. The van der Waals surface area contributed by atoms with Crippen LogP contribution in [0.1, 0.15) is 37.6 Å². The summed E-state index contributed by atoms with van der Waals surface area (Å²) in [5, 5.41) is 2.09. The minimum Gasteiger partial charge on any atom is -0.462 e. The lowest BCUT2D eigenvalue weighted by Gasteiger charge is -2.20. The van der Waals surface area contributed by atoms with Crippen LogP contribution in [0.5, 0.6) is 0 Å². The third kappa shape index (κ3) is 4.37. The largest absolute Gasteiger partial charge is 0.462 e. The van der Waals surface area contributed by atoms with Crippen molar-refractivity contribution in [3.8, 4) is 0 Å². The van der Waals surface area contributed by atoms with Gasteiger partial charge in [0.25, 0.3) is 0 Å². The van der Waals surface area contributed by atoms with E-state index in [0.29, 0.717) is 12.2 Å². The van der Waals surface area contributed by atoms with Gasteiger partial charge in [0.2, 0.25) is 0 Å². The molecule has 0 radical (unpaired) electrons. The van der Waals surface area contributed by atoms with Crippen LogP contribution in [0.2, 0.25) is 0 Å². The number of carbonyl (C=O) groups is 1. The fraction of sp³-hybridized carbons (Fsp3) is 0.500. The zero-order chi connectivity index (χ0) is 13.4. The van der Waals surface area contributed by atoms with Crippen molar-refractivity contribution in [3.63, 3.8) is 0 Å². The van der Waals surface area contributed by atoms with Gasteiger partial charge >= 0.3 is 5.97 Å². The quantitative estimate of drug-likeness (QED) is 0.597. The number of hydrogen-bond donors (Lipinski definition) is 1. The number of carbonyl (C=O) groups excluding carboxylic acids is 1. The molecule has 0 aliphatic carbocycles. The average molecular weight is 250 g/mol. The molecule has 0 fully saturated rings. The molecule has 4 heteroatoms. The molecule has 1 rings (SSSR count). The van der Waals surface area contributed by atoms with Gasteiger partial charge in [-0.2, -0.15) is 0 Å². The topological polar surface area (TPSA) is 41.6 Å². The Morgan fingerprint density at radius 2 is 1.78 bits per heavy atom. The fourth-order valence-electron chi connectivity index (χ4n) is 1.52. The van der Waals surface area contributed by atoms with Crippen LogP contribution < -0.4 is 5.43 Å². The van der Waals surface area contributed by atoms with E-state index in [-0.39, 0.29) is 5.97 Å². The zero-order valence-electron chi connectivity index (χ0n) is 11.4. The summed E-state index contributed by atoms with van der Waals surface area (Å²) < 4.78 is 5.07. The predicted octanol–water partition coefficient (Wildman–Crippen LogP) is 2.92. The predicted molar refractivity (Wildman–Crippen MR) is 73.6 cm³/mol. The maximum atomic E-state index is 11.6. The third-order valence-corrected chi connectivity index (χ3v) is 2.61. The molecule has 0 amide bonds. The molecule has 0 bridgehead atoms. The Kier molecular flexibility index (Phi) is 6.22. The van der Waals surface area contributed by atoms with Crippen LogP contribution in [0.25, 0.3) is 0 Å². The molecule has 1 aromatic rings. The molecule has 0 aromatic heterocycles. The number of esters is 1. The summed E-state index contributed by atoms with van der Waals surface area (Å²) >= 11 is 0. The van der Waals surface area contributed by atoms with Gasteiger partial charge in [0.05, 0.1) is 12.2 Å². The molecule has 0 heterocycles. The molecule has 0 saturated carbocycles. The minimum absolute atomic E-state index is 0.258. The SMILES string of the molecule is CCCOC(=O)c1ccc(NN(CC)CC)cc1. The van der Waals surface area contributed by atoms with Gasteiger partial charge in [0.1, 0.15) is 0 Å². The molecule has 4 nitrogen and oxygen atoms in total. The Morgan fingerprint density at radius 1 is 1.17 bits per heavy atom. The highest BCUT2D eigenvalue weighted by Crippen LogP contribution is 2.11. The van der Waals surface area contributed by atoms with E-state index in [9.17, 15) is 4.79 Å². The summed E-state index contributed by atoms with van der Waals surface area (Å²) in [6.45, 7) is 8.48. The van der Waals surface area contributed by atoms with Crippen molar-refractivity contribution in [1.29, 1.82) is 0 Å². The minimum atomic E-state index is -0.258. The average Bonchev–Trinajstić information content (AvgIpc) is 2.42. The van der Waals surface area contributed by atoms with Crippen molar-refractivity contribution in [2.75, 3.05) is 25.1 Å². The number of benzene rings is 1. The first-order valence-corrected chi connectivity index (χ1v) is 6.50.